The Morgan fingerprint density at radius 2 is 2.05 bits per heavy atom. The van der Waals surface area contributed by atoms with Gasteiger partial charge in [0.25, 0.3) is 0 Å². The number of aryl methyl sites for hydroxylation is 2. The predicted octanol–water partition coefficient (Wildman–Crippen LogP) is 2.56. The summed E-state index contributed by atoms with van der Waals surface area (Å²) in [7, 11) is 1.91. The molecule has 0 aliphatic carbocycles. The van der Waals surface area contributed by atoms with Crippen molar-refractivity contribution in [1.29, 1.82) is 0 Å². The molecule has 5 heteroatoms. The average molecular weight is 270 g/mol. The first-order valence-electron chi connectivity index (χ1n) is 6.28. The summed E-state index contributed by atoms with van der Waals surface area (Å²) < 4.78 is 0. The second kappa shape index (κ2) is 5.61. The van der Waals surface area contributed by atoms with Gasteiger partial charge in [-0.1, -0.05) is 17.3 Å². The van der Waals surface area contributed by atoms with E-state index in [-0.39, 0.29) is 5.84 Å². The topological polar surface area (TPSA) is 74.7 Å². The van der Waals surface area contributed by atoms with Crippen LogP contribution in [0.4, 0.5) is 11.5 Å². The second-order valence-electron chi connectivity index (χ2n) is 4.71. The number of pyridine rings is 1. The van der Waals surface area contributed by atoms with Gasteiger partial charge < -0.3 is 15.8 Å². The average Bonchev–Trinajstić information content (AvgIpc) is 2.45. The maximum atomic E-state index is 8.95. The Hall–Kier alpha value is -2.56. The van der Waals surface area contributed by atoms with Crippen LogP contribution in [-0.4, -0.2) is 23.1 Å². The number of aromatic nitrogens is 1. The molecule has 0 amide bonds. The number of amidine groups is 1. The first-order chi connectivity index (χ1) is 9.54. The van der Waals surface area contributed by atoms with Crippen molar-refractivity contribution in [1.82, 2.24) is 4.98 Å². The van der Waals surface area contributed by atoms with Gasteiger partial charge in [0.2, 0.25) is 0 Å². The first kappa shape index (κ1) is 13.9. The molecule has 2 aromatic rings. The third kappa shape index (κ3) is 2.56. The highest BCUT2D eigenvalue weighted by Gasteiger charge is 2.16. The van der Waals surface area contributed by atoms with Crippen LogP contribution in [0.5, 0.6) is 0 Å². The molecule has 104 valence electrons. The van der Waals surface area contributed by atoms with E-state index in [9.17, 15) is 0 Å². The number of oxime groups is 1. The first-order valence-corrected chi connectivity index (χ1v) is 6.28. The molecule has 20 heavy (non-hydrogen) atoms. The van der Waals surface area contributed by atoms with Gasteiger partial charge in [-0.15, -0.1) is 0 Å². The number of rotatable bonds is 3. The summed E-state index contributed by atoms with van der Waals surface area (Å²) >= 11 is 0. The van der Waals surface area contributed by atoms with Crippen molar-refractivity contribution in [2.75, 3.05) is 11.9 Å². The highest BCUT2D eigenvalue weighted by Crippen LogP contribution is 2.27. The fourth-order valence-electron chi connectivity index (χ4n) is 2.12. The Bertz CT molecular complexity index is 652. The maximum absolute atomic E-state index is 8.95. The van der Waals surface area contributed by atoms with Crippen LogP contribution < -0.4 is 10.6 Å². The lowest BCUT2D eigenvalue weighted by atomic mass is 10.1. The van der Waals surface area contributed by atoms with Crippen molar-refractivity contribution in [3.63, 3.8) is 0 Å². The smallest absolute Gasteiger partial charge is 0.174 e. The van der Waals surface area contributed by atoms with Gasteiger partial charge in [-0.3, -0.25) is 0 Å². The molecule has 0 aliphatic rings. The van der Waals surface area contributed by atoms with Crippen LogP contribution in [0, 0.1) is 13.8 Å². The zero-order valence-corrected chi connectivity index (χ0v) is 11.8. The number of benzene rings is 1. The summed E-state index contributed by atoms with van der Waals surface area (Å²) in [6.07, 6.45) is 1.71. The molecule has 0 unspecified atom stereocenters. The predicted molar refractivity (Wildman–Crippen MR) is 80.7 cm³/mol. The molecule has 2 rings (SSSR count). The van der Waals surface area contributed by atoms with Gasteiger partial charge in [0.1, 0.15) is 5.82 Å². The van der Waals surface area contributed by atoms with Gasteiger partial charge in [-0.25, -0.2) is 4.98 Å². The van der Waals surface area contributed by atoms with Crippen LogP contribution in [0.25, 0.3) is 0 Å². The van der Waals surface area contributed by atoms with Gasteiger partial charge in [0.15, 0.2) is 5.84 Å². The normalized spacial score (nSPS) is 11.4. The van der Waals surface area contributed by atoms with Crippen molar-refractivity contribution in [2.24, 2.45) is 10.9 Å². The van der Waals surface area contributed by atoms with Crippen LogP contribution in [0.15, 0.2) is 41.7 Å². The van der Waals surface area contributed by atoms with Gasteiger partial charge in [-0.2, -0.15) is 0 Å². The van der Waals surface area contributed by atoms with Gasteiger partial charge in [-0.05, 0) is 43.2 Å². The molecule has 5 nitrogen and oxygen atoms in total. The van der Waals surface area contributed by atoms with Crippen molar-refractivity contribution < 1.29 is 5.21 Å². The lowest BCUT2D eigenvalue weighted by Gasteiger charge is -2.22. The summed E-state index contributed by atoms with van der Waals surface area (Å²) in [6, 6.07) is 9.90. The highest BCUT2D eigenvalue weighted by molar-refractivity contribution is 6.03. The van der Waals surface area contributed by atoms with E-state index in [2.05, 4.69) is 16.2 Å². The van der Waals surface area contributed by atoms with Crippen molar-refractivity contribution >= 4 is 17.3 Å². The standard InChI is InChI=1S/C15H18N4O/c1-10-5-4-6-12(9-10)19(3)15-13(14(16)18-20)11(2)7-8-17-15/h4-9,20H,1-3H3,(H2,16,18). The number of nitrogens with two attached hydrogens (primary N) is 1. The summed E-state index contributed by atoms with van der Waals surface area (Å²) in [5.74, 6) is 0.719. The molecule has 0 fully saturated rings. The summed E-state index contributed by atoms with van der Waals surface area (Å²) in [5.41, 5.74) is 9.48. The fraction of sp³-hybridized carbons (Fsp3) is 0.200. The third-order valence-electron chi connectivity index (χ3n) is 3.21. The molecule has 0 bridgehead atoms. The molecule has 3 N–H and O–H groups in total. The quantitative estimate of drug-likeness (QED) is 0.389. The molecule has 0 atom stereocenters. The Morgan fingerprint density at radius 1 is 1.30 bits per heavy atom. The van der Waals surface area contributed by atoms with E-state index in [1.807, 2.05) is 50.1 Å². The van der Waals surface area contributed by atoms with Crippen LogP contribution in [0.3, 0.4) is 0 Å². The number of anilines is 2. The molecule has 0 saturated carbocycles. The lowest BCUT2D eigenvalue weighted by Crippen LogP contribution is -2.22. The molecule has 0 aliphatic heterocycles. The van der Waals surface area contributed by atoms with Crippen molar-refractivity contribution in [3.05, 3.63) is 53.2 Å². The SMILES string of the molecule is Cc1cccc(N(C)c2nccc(C)c2/C(N)=N/O)c1. The molecular formula is C15H18N4O. The van der Waals surface area contributed by atoms with E-state index in [1.54, 1.807) is 6.20 Å². The minimum absolute atomic E-state index is 0.0603. The molecule has 1 aromatic carbocycles. The lowest BCUT2D eigenvalue weighted by molar-refractivity contribution is 0.318. The van der Waals surface area contributed by atoms with E-state index >= 15 is 0 Å². The molecule has 0 saturated heterocycles. The van der Waals surface area contributed by atoms with Crippen LogP contribution in [0.2, 0.25) is 0 Å². The summed E-state index contributed by atoms with van der Waals surface area (Å²) in [4.78, 5) is 6.29. The van der Waals surface area contributed by atoms with Gasteiger partial charge in [0, 0.05) is 18.9 Å². The largest absolute Gasteiger partial charge is 0.409 e. The summed E-state index contributed by atoms with van der Waals surface area (Å²) in [5, 5.41) is 12.1. The molecular weight excluding hydrogens is 252 g/mol. The number of nitrogens with zero attached hydrogens (tertiary/aromatic N) is 3. The van der Waals surface area contributed by atoms with E-state index < -0.39 is 0 Å². The van der Waals surface area contributed by atoms with Gasteiger partial charge >= 0.3 is 0 Å². The molecule has 0 spiro atoms. The molecule has 1 aromatic heterocycles. The highest BCUT2D eigenvalue weighted by atomic mass is 16.4. The Labute approximate surface area is 118 Å². The van der Waals surface area contributed by atoms with E-state index in [1.165, 1.54) is 0 Å². The van der Waals surface area contributed by atoms with E-state index in [0.717, 1.165) is 16.8 Å². The fourth-order valence-corrected chi connectivity index (χ4v) is 2.12. The number of hydrogen-bond acceptors (Lipinski definition) is 4. The second-order valence-corrected chi connectivity index (χ2v) is 4.71. The minimum atomic E-state index is 0.0603. The van der Waals surface area contributed by atoms with E-state index in [4.69, 9.17) is 10.9 Å². The number of hydrogen-bond donors (Lipinski definition) is 2. The van der Waals surface area contributed by atoms with Crippen LogP contribution >= 0.6 is 0 Å². The summed E-state index contributed by atoms with van der Waals surface area (Å²) in [6.45, 7) is 3.94. The Morgan fingerprint density at radius 3 is 2.70 bits per heavy atom. The third-order valence-corrected chi connectivity index (χ3v) is 3.21. The molecule has 0 radical (unpaired) electrons. The zero-order chi connectivity index (χ0) is 14.7. The van der Waals surface area contributed by atoms with E-state index in [0.29, 0.717) is 11.4 Å². The molecule has 1 heterocycles. The Kier molecular flexibility index (Phi) is 3.89. The monoisotopic (exact) mass is 270 g/mol. The zero-order valence-electron chi connectivity index (χ0n) is 11.8. The van der Waals surface area contributed by atoms with Crippen LogP contribution in [-0.2, 0) is 0 Å². The Balaban J connectivity index is 2.55. The van der Waals surface area contributed by atoms with Crippen LogP contribution in [0.1, 0.15) is 16.7 Å². The van der Waals surface area contributed by atoms with Gasteiger partial charge in [0.05, 0.1) is 5.56 Å². The van der Waals surface area contributed by atoms with Crippen molar-refractivity contribution in [3.8, 4) is 0 Å². The maximum Gasteiger partial charge on any atom is 0.174 e. The van der Waals surface area contributed by atoms with Crippen molar-refractivity contribution in [2.45, 2.75) is 13.8 Å². The minimum Gasteiger partial charge on any atom is -0.409 e.